The monoisotopic (exact) mass is 273 g/mol. The quantitative estimate of drug-likeness (QED) is 0.928. The molecule has 0 unspecified atom stereocenters. The van der Waals surface area contributed by atoms with Crippen LogP contribution in [0.25, 0.3) is 5.69 Å². The van der Waals surface area contributed by atoms with Gasteiger partial charge in [-0.1, -0.05) is 0 Å². The molecule has 1 N–H and O–H groups in total. The van der Waals surface area contributed by atoms with Crippen LogP contribution in [-0.2, 0) is 0 Å². The maximum Gasteiger partial charge on any atom is 0.162 e. The zero-order chi connectivity index (χ0) is 13.9. The van der Waals surface area contributed by atoms with E-state index >= 15 is 0 Å². The molecule has 0 radical (unpaired) electrons. The van der Waals surface area contributed by atoms with E-state index in [1.807, 2.05) is 30.7 Å². The average Bonchev–Trinajstić information content (AvgIpc) is 3.16. The number of ether oxygens (including phenoxy) is 2. The van der Waals surface area contributed by atoms with Crippen LogP contribution in [0.5, 0.6) is 11.5 Å². The van der Waals surface area contributed by atoms with Gasteiger partial charge in [0.15, 0.2) is 11.5 Å². The Labute approximate surface area is 118 Å². The first kappa shape index (κ1) is 13.0. The number of hydrogen-bond donors (Lipinski definition) is 1. The van der Waals surface area contributed by atoms with Gasteiger partial charge in [0.2, 0.25) is 0 Å². The minimum atomic E-state index is 0.380. The van der Waals surface area contributed by atoms with Crippen molar-refractivity contribution < 1.29 is 9.47 Å². The molecule has 2 aromatic rings. The van der Waals surface area contributed by atoms with E-state index in [2.05, 4.69) is 14.9 Å². The van der Waals surface area contributed by atoms with Gasteiger partial charge in [-0.25, -0.2) is 4.98 Å². The predicted molar refractivity (Wildman–Crippen MR) is 76.6 cm³/mol. The van der Waals surface area contributed by atoms with Crippen LogP contribution in [0.15, 0.2) is 30.7 Å². The molecule has 0 spiro atoms. The Morgan fingerprint density at radius 2 is 2.10 bits per heavy atom. The second-order valence-electron chi connectivity index (χ2n) is 4.88. The molecule has 0 aliphatic carbocycles. The van der Waals surface area contributed by atoms with E-state index in [4.69, 9.17) is 9.47 Å². The maximum absolute atomic E-state index is 5.37. The first-order valence-electron chi connectivity index (χ1n) is 6.81. The minimum Gasteiger partial charge on any atom is -0.493 e. The third kappa shape index (κ3) is 2.25. The van der Waals surface area contributed by atoms with Gasteiger partial charge >= 0.3 is 0 Å². The van der Waals surface area contributed by atoms with E-state index in [0.717, 1.165) is 30.2 Å². The van der Waals surface area contributed by atoms with Crippen LogP contribution >= 0.6 is 0 Å². The number of hydrogen-bond acceptors (Lipinski definition) is 4. The molecule has 1 aliphatic rings. The molecule has 3 rings (SSSR count). The summed E-state index contributed by atoms with van der Waals surface area (Å²) >= 11 is 0. The molecule has 1 aromatic carbocycles. The molecule has 5 heteroatoms. The molecule has 2 heterocycles. The number of benzene rings is 1. The van der Waals surface area contributed by atoms with Crippen LogP contribution in [0, 0.1) is 0 Å². The van der Waals surface area contributed by atoms with Gasteiger partial charge in [0.25, 0.3) is 0 Å². The van der Waals surface area contributed by atoms with Crippen molar-refractivity contribution in [3.63, 3.8) is 0 Å². The van der Waals surface area contributed by atoms with Crippen molar-refractivity contribution in [1.29, 1.82) is 0 Å². The molecule has 1 aliphatic heterocycles. The first-order valence-corrected chi connectivity index (χ1v) is 6.81. The summed E-state index contributed by atoms with van der Waals surface area (Å²) in [5.41, 5.74) is 2.22. The number of methoxy groups -OCH3 is 2. The van der Waals surface area contributed by atoms with Crippen LogP contribution in [0.2, 0.25) is 0 Å². The molecule has 1 aromatic heterocycles. The van der Waals surface area contributed by atoms with Gasteiger partial charge in [-0.15, -0.1) is 0 Å². The highest BCUT2D eigenvalue weighted by atomic mass is 16.5. The molecule has 20 heavy (non-hydrogen) atoms. The Balaban J connectivity index is 1.99. The normalized spacial score (nSPS) is 18.2. The first-order chi connectivity index (χ1) is 9.83. The topological polar surface area (TPSA) is 48.3 Å². The highest BCUT2D eigenvalue weighted by Crippen LogP contribution is 2.31. The molecule has 5 nitrogen and oxygen atoms in total. The van der Waals surface area contributed by atoms with Crippen LogP contribution in [0.3, 0.4) is 0 Å². The van der Waals surface area contributed by atoms with E-state index in [0.29, 0.717) is 6.04 Å². The molecule has 1 atom stereocenters. The van der Waals surface area contributed by atoms with Gasteiger partial charge < -0.3 is 19.4 Å². The third-order valence-corrected chi connectivity index (χ3v) is 3.73. The van der Waals surface area contributed by atoms with Crippen LogP contribution < -0.4 is 14.8 Å². The van der Waals surface area contributed by atoms with E-state index in [9.17, 15) is 0 Å². The number of nitrogens with zero attached hydrogens (tertiary/aromatic N) is 2. The van der Waals surface area contributed by atoms with E-state index < -0.39 is 0 Å². The third-order valence-electron chi connectivity index (χ3n) is 3.73. The average molecular weight is 273 g/mol. The summed E-state index contributed by atoms with van der Waals surface area (Å²) < 4.78 is 12.7. The van der Waals surface area contributed by atoms with E-state index in [-0.39, 0.29) is 0 Å². The number of nitrogens with one attached hydrogen (secondary N) is 1. The molecule has 0 saturated carbocycles. The largest absolute Gasteiger partial charge is 0.493 e. The molecule has 1 saturated heterocycles. The number of imidazole rings is 1. The smallest absolute Gasteiger partial charge is 0.162 e. The summed E-state index contributed by atoms with van der Waals surface area (Å²) in [6.07, 6.45) is 6.14. The lowest BCUT2D eigenvalue weighted by Crippen LogP contribution is -2.16. The summed E-state index contributed by atoms with van der Waals surface area (Å²) in [5.74, 6) is 1.46. The van der Waals surface area contributed by atoms with Crippen LogP contribution in [0.4, 0.5) is 0 Å². The summed E-state index contributed by atoms with van der Waals surface area (Å²) in [6, 6.07) is 6.28. The van der Waals surface area contributed by atoms with Gasteiger partial charge in [0.05, 0.1) is 38.1 Å². The van der Waals surface area contributed by atoms with Crippen LogP contribution in [-0.4, -0.2) is 30.3 Å². The second kappa shape index (κ2) is 5.54. The Hall–Kier alpha value is -2.01. The molecular formula is C15H19N3O2. The lowest BCUT2D eigenvalue weighted by Gasteiger charge is -2.15. The molecule has 106 valence electrons. The van der Waals surface area contributed by atoms with Crippen molar-refractivity contribution in [1.82, 2.24) is 14.9 Å². The molecular weight excluding hydrogens is 254 g/mol. The van der Waals surface area contributed by atoms with Crippen molar-refractivity contribution in [2.24, 2.45) is 0 Å². The zero-order valence-corrected chi connectivity index (χ0v) is 11.8. The van der Waals surface area contributed by atoms with Crippen molar-refractivity contribution in [3.8, 4) is 17.2 Å². The summed E-state index contributed by atoms with van der Waals surface area (Å²) in [4.78, 5) is 4.29. The fourth-order valence-electron chi connectivity index (χ4n) is 2.69. The lowest BCUT2D eigenvalue weighted by atomic mass is 10.1. The Kier molecular flexibility index (Phi) is 3.60. The summed E-state index contributed by atoms with van der Waals surface area (Å²) in [6.45, 7) is 1.07. The molecule has 0 bridgehead atoms. The van der Waals surface area contributed by atoms with Crippen molar-refractivity contribution in [2.75, 3.05) is 20.8 Å². The Bertz CT molecular complexity index is 589. The van der Waals surface area contributed by atoms with Gasteiger partial charge in [-0.3, -0.25) is 0 Å². The van der Waals surface area contributed by atoms with Crippen LogP contribution in [0.1, 0.15) is 24.6 Å². The summed E-state index contributed by atoms with van der Waals surface area (Å²) in [5, 5.41) is 3.50. The minimum absolute atomic E-state index is 0.380. The molecule has 0 amide bonds. The maximum atomic E-state index is 5.37. The fraction of sp³-hybridized carbons (Fsp3) is 0.400. The number of rotatable bonds is 4. The van der Waals surface area contributed by atoms with E-state index in [1.54, 1.807) is 14.2 Å². The fourth-order valence-corrected chi connectivity index (χ4v) is 2.69. The highest BCUT2D eigenvalue weighted by Gasteiger charge is 2.20. The highest BCUT2D eigenvalue weighted by molar-refractivity contribution is 5.49. The number of aromatic nitrogens is 2. The lowest BCUT2D eigenvalue weighted by molar-refractivity contribution is 0.355. The molecule has 1 fully saturated rings. The summed E-state index contributed by atoms with van der Waals surface area (Å²) in [7, 11) is 3.29. The van der Waals surface area contributed by atoms with E-state index in [1.165, 1.54) is 12.1 Å². The van der Waals surface area contributed by atoms with Gasteiger partial charge in [-0.05, 0) is 31.5 Å². The van der Waals surface area contributed by atoms with Crippen molar-refractivity contribution >= 4 is 0 Å². The van der Waals surface area contributed by atoms with Crippen molar-refractivity contribution in [3.05, 3.63) is 36.4 Å². The Morgan fingerprint density at radius 3 is 2.80 bits per heavy atom. The van der Waals surface area contributed by atoms with Gasteiger partial charge in [0, 0.05) is 12.1 Å². The van der Waals surface area contributed by atoms with Gasteiger partial charge in [0.1, 0.15) is 0 Å². The second-order valence-corrected chi connectivity index (χ2v) is 4.88. The predicted octanol–water partition coefficient (Wildman–Crippen LogP) is 2.31. The zero-order valence-electron chi connectivity index (χ0n) is 11.8. The SMILES string of the molecule is COc1ccc(-n2cncc2[C@@H]2CCCN2)cc1OC. The van der Waals surface area contributed by atoms with Gasteiger partial charge in [-0.2, -0.15) is 0 Å². The van der Waals surface area contributed by atoms with Crippen molar-refractivity contribution in [2.45, 2.75) is 18.9 Å². The Morgan fingerprint density at radius 1 is 1.25 bits per heavy atom. The standard InChI is InChI=1S/C15H19N3O2/c1-19-14-6-5-11(8-15(14)20-2)18-10-16-9-13(18)12-4-3-7-17-12/h5-6,8-10,12,17H,3-4,7H2,1-2H3/t12-/m0/s1.